The highest BCUT2D eigenvalue weighted by atomic mass is 19.1. The van der Waals surface area contributed by atoms with E-state index in [9.17, 15) is 14.0 Å². The summed E-state index contributed by atoms with van der Waals surface area (Å²) in [6, 6.07) is 6.57. The molecule has 0 bridgehead atoms. The first kappa shape index (κ1) is 18.7. The Morgan fingerprint density at radius 2 is 1.96 bits per heavy atom. The molecule has 2 aliphatic rings. The normalized spacial score (nSPS) is 22.2. The van der Waals surface area contributed by atoms with Gasteiger partial charge in [0.25, 0.3) is 5.56 Å². The van der Waals surface area contributed by atoms with Crippen molar-refractivity contribution < 1.29 is 4.39 Å². The van der Waals surface area contributed by atoms with Gasteiger partial charge >= 0.3 is 5.69 Å². The minimum atomic E-state index is -0.405. The van der Waals surface area contributed by atoms with Crippen molar-refractivity contribution in [2.45, 2.75) is 31.7 Å². The van der Waals surface area contributed by atoms with Crippen LogP contribution in [0.4, 0.5) is 15.9 Å². The van der Waals surface area contributed by atoms with Crippen molar-refractivity contribution in [3.8, 4) is 0 Å². The molecule has 0 spiro atoms. The number of nitrogens with two attached hydrogens (primary N) is 1. The molecule has 1 aromatic heterocycles. The number of anilines is 2. The standard InChI is InChI=1S/C19H25FN6O2/c1-23-16-15(17(27)24(2)19(23)28)26(10-12-6-3-4-8-14(12)20)18(22-16)25-9-5-7-13(21)11-25/h3-4,6,8,13,18,22H,5,7,9-11,21H2,1-2H3. The number of piperidine rings is 1. The molecule has 0 saturated carbocycles. The Labute approximate surface area is 162 Å². The lowest BCUT2D eigenvalue weighted by Crippen LogP contribution is -2.56. The van der Waals surface area contributed by atoms with Gasteiger partial charge < -0.3 is 16.0 Å². The zero-order valence-corrected chi connectivity index (χ0v) is 16.1. The van der Waals surface area contributed by atoms with Crippen molar-refractivity contribution in [3.63, 3.8) is 0 Å². The maximum absolute atomic E-state index is 14.4. The third-order valence-corrected chi connectivity index (χ3v) is 5.62. The van der Waals surface area contributed by atoms with E-state index in [2.05, 4.69) is 10.2 Å². The summed E-state index contributed by atoms with van der Waals surface area (Å²) in [6.07, 6.45) is 1.52. The number of aromatic nitrogens is 2. The van der Waals surface area contributed by atoms with Crippen molar-refractivity contribution in [2.75, 3.05) is 23.3 Å². The summed E-state index contributed by atoms with van der Waals surface area (Å²) in [4.78, 5) is 29.3. The quantitative estimate of drug-likeness (QED) is 0.790. The molecule has 0 amide bonds. The summed E-state index contributed by atoms with van der Waals surface area (Å²) in [5.41, 5.74) is 6.21. The maximum atomic E-state index is 14.4. The van der Waals surface area contributed by atoms with Crippen LogP contribution in [0.5, 0.6) is 0 Å². The molecule has 1 saturated heterocycles. The van der Waals surface area contributed by atoms with Crippen LogP contribution in [0.15, 0.2) is 33.9 Å². The lowest BCUT2D eigenvalue weighted by Gasteiger charge is -2.39. The Kier molecular flexibility index (Phi) is 4.72. The molecule has 3 N–H and O–H groups in total. The highest BCUT2D eigenvalue weighted by Gasteiger charge is 2.39. The van der Waals surface area contributed by atoms with Gasteiger partial charge in [0.15, 0.2) is 6.29 Å². The predicted octanol–water partition coefficient (Wildman–Crippen LogP) is 0.362. The van der Waals surface area contributed by atoms with Crippen LogP contribution >= 0.6 is 0 Å². The van der Waals surface area contributed by atoms with Crippen molar-refractivity contribution in [1.29, 1.82) is 0 Å². The first-order chi connectivity index (χ1) is 13.4. The first-order valence-electron chi connectivity index (χ1n) is 9.44. The molecular formula is C19H25FN6O2. The molecule has 2 aromatic rings. The molecule has 2 atom stereocenters. The second-order valence-electron chi connectivity index (χ2n) is 7.54. The van der Waals surface area contributed by atoms with Gasteiger partial charge in [-0.1, -0.05) is 18.2 Å². The summed E-state index contributed by atoms with van der Waals surface area (Å²) in [6.45, 7) is 1.67. The molecule has 2 unspecified atom stereocenters. The molecule has 3 heterocycles. The SMILES string of the molecule is Cn1c2c(c(=O)n(C)c1=O)N(Cc1ccccc1F)C(N1CCCC(N)C1)N2. The number of nitrogens with one attached hydrogen (secondary N) is 1. The highest BCUT2D eigenvalue weighted by Crippen LogP contribution is 2.33. The summed E-state index contributed by atoms with van der Waals surface area (Å²) in [5, 5.41) is 3.32. The van der Waals surface area contributed by atoms with E-state index in [1.54, 1.807) is 25.2 Å². The predicted molar refractivity (Wildman–Crippen MR) is 106 cm³/mol. The van der Waals surface area contributed by atoms with Gasteiger partial charge in [-0.25, -0.2) is 9.18 Å². The van der Waals surface area contributed by atoms with Crippen LogP contribution in [0, 0.1) is 5.82 Å². The van der Waals surface area contributed by atoms with Crippen LogP contribution in [-0.4, -0.2) is 39.5 Å². The fourth-order valence-corrected chi connectivity index (χ4v) is 4.10. The van der Waals surface area contributed by atoms with Gasteiger partial charge in [-0.05, 0) is 18.9 Å². The molecule has 4 rings (SSSR count). The fourth-order valence-electron chi connectivity index (χ4n) is 4.10. The third-order valence-electron chi connectivity index (χ3n) is 5.62. The number of hydrogen-bond donors (Lipinski definition) is 2. The number of likely N-dealkylation sites (tertiary alicyclic amines) is 1. The second kappa shape index (κ2) is 7.06. The Morgan fingerprint density at radius 3 is 2.68 bits per heavy atom. The molecule has 2 aliphatic heterocycles. The zero-order valence-electron chi connectivity index (χ0n) is 16.1. The van der Waals surface area contributed by atoms with Gasteiger partial charge in [0.1, 0.15) is 17.3 Å². The summed E-state index contributed by atoms with van der Waals surface area (Å²) in [5.74, 6) is 0.125. The molecule has 1 aromatic carbocycles. The van der Waals surface area contributed by atoms with Crippen LogP contribution < -0.4 is 27.2 Å². The van der Waals surface area contributed by atoms with Crippen LogP contribution in [0.3, 0.4) is 0 Å². The number of benzene rings is 1. The van der Waals surface area contributed by atoms with E-state index in [-0.39, 0.29) is 24.7 Å². The molecule has 150 valence electrons. The number of halogens is 1. The fraction of sp³-hybridized carbons (Fsp3) is 0.474. The average Bonchev–Trinajstić information content (AvgIpc) is 3.06. The van der Waals surface area contributed by atoms with Crippen LogP contribution in [-0.2, 0) is 20.6 Å². The van der Waals surface area contributed by atoms with Gasteiger partial charge in [0.2, 0.25) is 0 Å². The Bertz CT molecular complexity index is 1020. The van der Waals surface area contributed by atoms with E-state index >= 15 is 0 Å². The second-order valence-corrected chi connectivity index (χ2v) is 7.54. The molecule has 0 radical (unpaired) electrons. The lowest BCUT2D eigenvalue weighted by atomic mass is 10.1. The lowest BCUT2D eigenvalue weighted by molar-refractivity contribution is 0.162. The van der Waals surface area contributed by atoms with Crippen molar-refractivity contribution >= 4 is 11.5 Å². The van der Waals surface area contributed by atoms with Crippen molar-refractivity contribution in [3.05, 3.63) is 56.5 Å². The topological polar surface area (TPSA) is 88.5 Å². The van der Waals surface area contributed by atoms with E-state index in [1.165, 1.54) is 17.7 Å². The Hall–Kier alpha value is -2.65. The van der Waals surface area contributed by atoms with Crippen molar-refractivity contribution in [2.24, 2.45) is 19.8 Å². The molecule has 9 heteroatoms. The zero-order chi connectivity index (χ0) is 20.0. The van der Waals surface area contributed by atoms with Gasteiger partial charge in [0.05, 0.1) is 0 Å². The van der Waals surface area contributed by atoms with Gasteiger partial charge in [-0.15, -0.1) is 0 Å². The number of hydrogen-bond acceptors (Lipinski definition) is 6. The smallest absolute Gasteiger partial charge is 0.332 e. The number of rotatable bonds is 3. The van der Waals surface area contributed by atoms with E-state index in [4.69, 9.17) is 5.73 Å². The molecule has 1 fully saturated rings. The van der Waals surface area contributed by atoms with Gasteiger partial charge in [0, 0.05) is 45.3 Å². The van der Waals surface area contributed by atoms with Gasteiger partial charge in [-0.3, -0.25) is 18.8 Å². The molecule has 0 aliphatic carbocycles. The monoisotopic (exact) mass is 388 g/mol. The Balaban J connectivity index is 1.82. The Morgan fingerprint density at radius 1 is 1.21 bits per heavy atom. The minimum Gasteiger partial charge on any atom is -0.337 e. The van der Waals surface area contributed by atoms with E-state index < -0.39 is 11.2 Å². The van der Waals surface area contributed by atoms with Crippen LogP contribution in [0.2, 0.25) is 0 Å². The summed E-state index contributed by atoms with van der Waals surface area (Å²) in [7, 11) is 3.08. The minimum absolute atomic E-state index is 0.0428. The van der Waals surface area contributed by atoms with E-state index in [0.29, 0.717) is 23.6 Å². The van der Waals surface area contributed by atoms with Crippen LogP contribution in [0.25, 0.3) is 0 Å². The first-order valence-corrected chi connectivity index (χ1v) is 9.44. The van der Waals surface area contributed by atoms with E-state index in [1.807, 2.05) is 4.90 Å². The summed E-state index contributed by atoms with van der Waals surface area (Å²) >= 11 is 0. The van der Waals surface area contributed by atoms with E-state index in [0.717, 1.165) is 24.0 Å². The highest BCUT2D eigenvalue weighted by molar-refractivity contribution is 5.71. The summed E-state index contributed by atoms with van der Waals surface area (Å²) < 4.78 is 16.9. The van der Waals surface area contributed by atoms with Gasteiger partial charge in [-0.2, -0.15) is 0 Å². The number of nitrogens with zero attached hydrogens (tertiary/aromatic N) is 4. The number of fused-ring (bicyclic) bond motifs is 1. The molecular weight excluding hydrogens is 363 g/mol. The van der Waals surface area contributed by atoms with Crippen LogP contribution in [0.1, 0.15) is 18.4 Å². The maximum Gasteiger partial charge on any atom is 0.332 e. The molecule has 8 nitrogen and oxygen atoms in total. The third kappa shape index (κ3) is 3.00. The average molecular weight is 388 g/mol. The van der Waals surface area contributed by atoms with Crippen molar-refractivity contribution in [1.82, 2.24) is 14.0 Å². The molecule has 28 heavy (non-hydrogen) atoms. The largest absolute Gasteiger partial charge is 0.337 e.